The maximum atomic E-state index is 11.7. The molecule has 1 saturated heterocycles. The Balaban J connectivity index is 1.96. The molecular weight excluding hydrogens is 228 g/mol. The monoisotopic (exact) mass is 240 g/mol. The maximum Gasteiger partial charge on any atom is 0.389 e. The van der Waals surface area contributed by atoms with Gasteiger partial charge in [0.25, 0.3) is 0 Å². The molecule has 1 aliphatic heterocycles. The fraction of sp³-hybridized carbons (Fsp3) is 0.556. The molecule has 0 radical (unpaired) electrons. The van der Waals surface area contributed by atoms with Crippen LogP contribution in [0.3, 0.4) is 0 Å². The molecule has 1 amide bonds. The van der Waals surface area contributed by atoms with Crippen molar-refractivity contribution in [1.82, 2.24) is 14.7 Å². The molecule has 17 heavy (non-hydrogen) atoms. The number of carbonyl (C=O) groups excluding carboxylic acids is 1. The van der Waals surface area contributed by atoms with Crippen molar-refractivity contribution in [3.63, 3.8) is 0 Å². The smallest absolute Gasteiger partial charge is 0.389 e. The third kappa shape index (κ3) is 2.59. The number of aliphatic hydroxyl groups excluding tert-OH is 1. The van der Waals surface area contributed by atoms with Crippen LogP contribution in [0.25, 0.3) is 0 Å². The summed E-state index contributed by atoms with van der Waals surface area (Å²) in [4.78, 5) is 23.0. The van der Waals surface area contributed by atoms with E-state index in [-0.39, 0.29) is 18.3 Å². The topological polar surface area (TPSA) is 102 Å². The van der Waals surface area contributed by atoms with Gasteiger partial charge in [-0.2, -0.15) is 4.68 Å². The summed E-state index contributed by atoms with van der Waals surface area (Å²) in [6, 6.07) is 1.24. The summed E-state index contributed by atoms with van der Waals surface area (Å²) in [6.45, 7) is 0.798. The van der Waals surface area contributed by atoms with Crippen molar-refractivity contribution in [3.8, 4) is 0 Å². The van der Waals surface area contributed by atoms with Gasteiger partial charge in [-0.25, -0.2) is 0 Å². The van der Waals surface area contributed by atoms with Gasteiger partial charge in [-0.05, 0) is 11.3 Å². The lowest BCUT2D eigenvalue weighted by atomic mass is 10.3. The summed E-state index contributed by atoms with van der Waals surface area (Å²) < 4.78 is 1.23. The number of hydrogen-bond acceptors (Lipinski definition) is 5. The largest absolute Gasteiger partial charge is 0.391 e. The zero-order chi connectivity index (χ0) is 12.4. The van der Waals surface area contributed by atoms with Gasteiger partial charge < -0.3 is 20.1 Å². The van der Waals surface area contributed by atoms with Crippen LogP contribution >= 0.6 is 0 Å². The van der Waals surface area contributed by atoms with Gasteiger partial charge in [-0.15, -0.1) is 0 Å². The third-order valence-electron chi connectivity index (χ3n) is 2.63. The van der Waals surface area contributed by atoms with E-state index in [1.807, 2.05) is 0 Å². The third-order valence-corrected chi connectivity index (χ3v) is 2.63. The molecule has 1 fully saturated rings. The first-order valence-electron chi connectivity index (χ1n) is 5.20. The van der Waals surface area contributed by atoms with E-state index < -0.39 is 11.0 Å². The molecule has 1 aromatic rings. The van der Waals surface area contributed by atoms with E-state index in [1.165, 1.54) is 21.8 Å². The van der Waals surface area contributed by atoms with Gasteiger partial charge in [0.1, 0.15) is 6.54 Å². The molecule has 2 heterocycles. The molecule has 1 N–H and O–H groups in total. The lowest BCUT2D eigenvalue weighted by Gasteiger charge is -2.14. The second-order valence-corrected chi connectivity index (χ2v) is 3.91. The van der Waals surface area contributed by atoms with Crippen LogP contribution in [-0.4, -0.2) is 49.8 Å². The first-order valence-corrected chi connectivity index (χ1v) is 5.20. The lowest BCUT2D eigenvalue weighted by Crippen LogP contribution is -2.32. The van der Waals surface area contributed by atoms with E-state index in [2.05, 4.69) is 5.10 Å². The van der Waals surface area contributed by atoms with Gasteiger partial charge in [0.05, 0.1) is 23.5 Å². The number of rotatable bonds is 3. The molecule has 92 valence electrons. The fourth-order valence-corrected chi connectivity index (χ4v) is 1.74. The quantitative estimate of drug-likeness (QED) is 0.560. The van der Waals surface area contributed by atoms with Crippen LogP contribution in [0.2, 0.25) is 0 Å². The van der Waals surface area contributed by atoms with Crippen molar-refractivity contribution in [3.05, 3.63) is 22.4 Å². The summed E-state index contributed by atoms with van der Waals surface area (Å²) in [5.74, 6) is -0.473. The van der Waals surface area contributed by atoms with Crippen molar-refractivity contribution >= 4 is 11.7 Å². The highest BCUT2D eigenvalue weighted by Crippen LogP contribution is 2.10. The number of hydrogen-bond donors (Lipinski definition) is 1. The van der Waals surface area contributed by atoms with E-state index in [4.69, 9.17) is 0 Å². The van der Waals surface area contributed by atoms with Gasteiger partial charge in [0.2, 0.25) is 5.91 Å². The normalized spacial score (nSPS) is 19.6. The molecule has 0 aromatic carbocycles. The molecule has 0 aliphatic carbocycles. The van der Waals surface area contributed by atoms with E-state index >= 15 is 0 Å². The number of carbonyl (C=O) groups is 1. The molecule has 0 saturated carbocycles. The summed E-state index contributed by atoms with van der Waals surface area (Å²) in [5, 5.41) is 23.3. The van der Waals surface area contributed by atoms with Crippen LogP contribution in [0.15, 0.2) is 12.3 Å². The second-order valence-electron chi connectivity index (χ2n) is 3.91. The fourth-order valence-electron chi connectivity index (χ4n) is 1.74. The Bertz CT molecular complexity index is 444. The van der Waals surface area contributed by atoms with Crippen molar-refractivity contribution in [2.75, 3.05) is 13.1 Å². The average Bonchev–Trinajstić information content (AvgIpc) is 2.86. The maximum absolute atomic E-state index is 11.7. The molecular formula is C9H12N4O4. The highest BCUT2D eigenvalue weighted by Gasteiger charge is 2.25. The molecule has 8 nitrogen and oxygen atoms in total. The number of aromatic nitrogens is 2. The van der Waals surface area contributed by atoms with Crippen molar-refractivity contribution in [2.45, 2.75) is 19.1 Å². The van der Waals surface area contributed by atoms with Gasteiger partial charge in [-0.1, -0.05) is 0 Å². The zero-order valence-corrected chi connectivity index (χ0v) is 9.02. The minimum Gasteiger partial charge on any atom is -0.391 e. The van der Waals surface area contributed by atoms with Crippen LogP contribution in [0, 0.1) is 10.1 Å². The first-order chi connectivity index (χ1) is 8.06. The Labute approximate surface area is 96.6 Å². The molecule has 0 spiro atoms. The van der Waals surface area contributed by atoms with Gasteiger partial charge in [0.15, 0.2) is 0 Å². The highest BCUT2D eigenvalue weighted by molar-refractivity contribution is 5.76. The van der Waals surface area contributed by atoms with Crippen LogP contribution in [0.4, 0.5) is 5.82 Å². The number of nitro groups is 1. The lowest BCUT2D eigenvalue weighted by molar-refractivity contribution is -0.389. The number of amides is 1. The average molecular weight is 240 g/mol. The second kappa shape index (κ2) is 4.50. The molecule has 0 unspecified atom stereocenters. The van der Waals surface area contributed by atoms with E-state index in [9.17, 15) is 20.0 Å². The Kier molecular flexibility index (Phi) is 3.05. The molecule has 1 aliphatic rings. The van der Waals surface area contributed by atoms with E-state index in [0.29, 0.717) is 19.5 Å². The summed E-state index contributed by atoms with van der Waals surface area (Å²) >= 11 is 0. The molecule has 2 rings (SSSR count). The Morgan fingerprint density at radius 2 is 2.47 bits per heavy atom. The standard InChI is InChI=1S/C9H12N4O4/c14-7-1-3-11(5-7)9(15)6-12-4-2-8(10-12)13(16)17/h2,4,7,14H,1,3,5-6H2/t7-/m1/s1. The van der Waals surface area contributed by atoms with Gasteiger partial charge in [-0.3, -0.25) is 4.79 Å². The number of likely N-dealkylation sites (tertiary alicyclic amines) is 1. The Morgan fingerprint density at radius 3 is 3.00 bits per heavy atom. The van der Waals surface area contributed by atoms with E-state index in [0.717, 1.165) is 0 Å². The van der Waals surface area contributed by atoms with Crippen LogP contribution in [0.5, 0.6) is 0 Å². The highest BCUT2D eigenvalue weighted by atomic mass is 16.6. The number of nitrogens with zero attached hydrogens (tertiary/aromatic N) is 4. The number of aliphatic hydroxyl groups is 1. The van der Waals surface area contributed by atoms with Crippen LogP contribution in [0.1, 0.15) is 6.42 Å². The Hall–Kier alpha value is -1.96. The van der Waals surface area contributed by atoms with Crippen molar-refractivity contribution in [2.24, 2.45) is 0 Å². The van der Waals surface area contributed by atoms with Gasteiger partial charge >= 0.3 is 5.82 Å². The minimum atomic E-state index is -0.611. The summed E-state index contributed by atoms with van der Waals surface area (Å²) in [7, 11) is 0. The van der Waals surface area contributed by atoms with Crippen LogP contribution < -0.4 is 0 Å². The molecule has 1 aromatic heterocycles. The predicted octanol–water partition coefficient (Wildman–Crippen LogP) is -0.616. The minimum absolute atomic E-state index is 0.0411. The van der Waals surface area contributed by atoms with Crippen LogP contribution in [-0.2, 0) is 11.3 Å². The van der Waals surface area contributed by atoms with Gasteiger partial charge in [0, 0.05) is 13.1 Å². The zero-order valence-electron chi connectivity index (χ0n) is 9.02. The summed E-state index contributed by atoms with van der Waals surface area (Å²) in [6.07, 6.45) is 1.50. The summed E-state index contributed by atoms with van der Waals surface area (Å²) in [5.41, 5.74) is 0. The molecule has 0 bridgehead atoms. The predicted molar refractivity (Wildman–Crippen MR) is 56.1 cm³/mol. The van der Waals surface area contributed by atoms with E-state index in [1.54, 1.807) is 0 Å². The van der Waals surface area contributed by atoms with Crippen molar-refractivity contribution in [1.29, 1.82) is 0 Å². The molecule has 8 heteroatoms. The SMILES string of the molecule is O=C(Cn1ccc([N+](=O)[O-])n1)N1CC[C@@H](O)C1. The number of β-amino-alcohol motifs (C(OH)–C–C–N with tert-alkyl or cyclic N) is 1. The molecule has 1 atom stereocenters. The first kappa shape index (κ1) is 11.5. The van der Waals surface area contributed by atoms with Crippen molar-refractivity contribution < 1.29 is 14.8 Å². The Morgan fingerprint density at radius 1 is 1.71 bits per heavy atom.